The van der Waals surface area contributed by atoms with Crippen LogP contribution in [0.5, 0.6) is 0 Å². The lowest BCUT2D eigenvalue weighted by Crippen LogP contribution is -2.51. The summed E-state index contributed by atoms with van der Waals surface area (Å²) in [6.07, 6.45) is 0.919. The van der Waals surface area contributed by atoms with Crippen molar-refractivity contribution in [1.29, 1.82) is 0 Å². The third-order valence-electron chi connectivity index (χ3n) is 5.06. The summed E-state index contributed by atoms with van der Waals surface area (Å²) >= 11 is 18.2. The Morgan fingerprint density at radius 3 is 2.11 bits per heavy atom. The van der Waals surface area contributed by atoms with Gasteiger partial charge in [0.15, 0.2) is 0 Å². The van der Waals surface area contributed by atoms with Crippen molar-refractivity contribution in [3.63, 3.8) is 0 Å². The third-order valence-corrected chi connectivity index (χ3v) is 7.21. The molecule has 2 rings (SSSR count). The normalized spacial score (nSPS) is 12.4. The molecule has 2 aromatic rings. The van der Waals surface area contributed by atoms with Gasteiger partial charge >= 0.3 is 0 Å². The van der Waals surface area contributed by atoms with Crippen LogP contribution < -0.4 is 9.62 Å². The first kappa shape index (κ1) is 29.2. The maximum Gasteiger partial charge on any atom is 0.244 e. The predicted octanol–water partition coefficient (Wildman–Crippen LogP) is 4.74. The Hall–Kier alpha value is -2.07. The summed E-state index contributed by atoms with van der Waals surface area (Å²) in [5.74, 6) is -1.35. The topological polar surface area (TPSA) is 86.8 Å². The Bertz CT molecular complexity index is 1180. The summed E-state index contributed by atoms with van der Waals surface area (Å²) in [5.41, 5.74) is 0.525. The van der Waals surface area contributed by atoms with Gasteiger partial charge in [-0.25, -0.2) is 12.8 Å². The number of amides is 2. The minimum Gasteiger partial charge on any atom is -0.354 e. The average molecular weight is 567 g/mol. The highest BCUT2D eigenvalue weighted by atomic mass is 35.5. The van der Waals surface area contributed by atoms with Gasteiger partial charge in [-0.15, -0.1) is 0 Å². The predicted molar refractivity (Wildman–Crippen MR) is 138 cm³/mol. The molecule has 0 aliphatic heterocycles. The number of carbonyl (C=O) groups is 2. The SMILES string of the molecule is CC(C)CNC(=O)[C@H](C)N(Cc1ccc(F)cc1)C(=O)CN(c1cc(Cl)c(Cl)cc1Cl)S(C)(=O)=O. The van der Waals surface area contributed by atoms with Gasteiger partial charge < -0.3 is 10.2 Å². The van der Waals surface area contributed by atoms with Crippen molar-refractivity contribution in [2.75, 3.05) is 23.7 Å². The maximum absolute atomic E-state index is 13.5. The number of sulfonamides is 1. The van der Waals surface area contributed by atoms with Crippen molar-refractivity contribution in [3.8, 4) is 0 Å². The Labute approximate surface area is 220 Å². The van der Waals surface area contributed by atoms with Gasteiger partial charge in [-0.3, -0.25) is 13.9 Å². The molecule has 0 spiro atoms. The van der Waals surface area contributed by atoms with E-state index < -0.39 is 40.2 Å². The van der Waals surface area contributed by atoms with Gasteiger partial charge in [0, 0.05) is 13.1 Å². The molecule has 192 valence electrons. The molecule has 0 saturated heterocycles. The van der Waals surface area contributed by atoms with E-state index in [2.05, 4.69) is 5.32 Å². The highest BCUT2D eigenvalue weighted by Gasteiger charge is 2.31. The van der Waals surface area contributed by atoms with Crippen LogP contribution in [0.1, 0.15) is 26.3 Å². The van der Waals surface area contributed by atoms with Gasteiger partial charge in [0.25, 0.3) is 0 Å². The molecule has 0 saturated carbocycles. The largest absolute Gasteiger partial charge is 0.354 e. The smallest absolute Gasteiger partial charge is 0.244 e. The zero-order valence-corrected chi connectivity index (χ0v) is 22.8. The van der Waals surface area contributed by atoms with Crippen molar-refractivity contribution in [2.45, 2.75) is 33.4 Å². The first-order valence-electron chi connectivity index (χ1n) is 10.6. The van der Waals surface area contributed by atoms with E-state index in [0.717, 1.165) is 10.6 Å². The lowest BCUT2D eigenvalue weighted by atomic mass is 10.1. The van der Waals surface area contributed by atoms with E-state index in [4.69, 9.17) is 34.8 Å². The Morgan fingerprint density at radius 2 is 1.57 bits per heavy atom. The van der Waals surface area contributed by atoms with E-state index in [0.29, 0.717) is 12.1 Å². The Kier molecular flexibility index (Phi) is 10.2. The minimum absolute atomic E-state index is 0.0227. The van der Waals surface area contributed by atoms with Crippen LogP contribution in [0, 0.1) is 11.7 Å². The van der Waals surface area contributed by atoms with E-state index in [-0.39, 0.29) is 33.2 Å². The minimum atomic E-state index is -4.00. The summed E-state index contributed by atoms with van der Waals surface area (Å²) in [7, 11) is -4.00. The summed E-state index contributed by atoms with van der Waals surface area (Å²) in [5, 5.41) is 2.92. The fraction of sp³-hybridized carbons (Fsp3) is 0.391. The van der Waals surface area contributed by atoms with Crippen LogP contribution >= 0.6 is 34.8 Å². The number of nitrogens with zero attached hydrogens (tertiary/aromatic N) is 2. The molecule has 35 heavy (non-hydrogen) atoms. The van der Waals surface area contributed by atoms with Crippen LogP contribution in [0.15, 0.2) is 36.4 Å². The number of hydrogen-bond donors (Lipinski definition) is 1. The average Bonchev–Trinajstić information content (AvgIpc) is 2.76. The number of carbonyl (C=O) groups excluding carboxylic acids is 2. The van der Waals surface area contributed by atoms with Gasteiger partial charge in [0.2, 0.25) is 21.8 Å². The fourth-order valence-electron chi connectivity index (χ4n) is 3.12. The number of rotatable bonds is 10. The number of halogens is 4. The van der Waals surface area contributed by atoms with E-state index >= 15 is 0 Å². The molecule has 0 fully saturated rings. The second kappa shape index (κ2) is 12.3. The zero-order valence-electron chi connectivity index (χ0n) is 19.7. The van der Waals surface area contributed by atoms with Crippen molar-refractivity contribution in [1.82, 2.24) is 10.2 Å². The summed E-state index contributed by atoms with van der Waals surface area (Å²) in [6.45, 7) is 5.08. The zero-order chi connectivity index (χ0) is 26.5. The van der Waals surface area contributed by atoms with Crippen molar-refractivity contribution in [2.24, 2.45) is 5.92 Å². The standard InChI is InChI=1S/C23H27Cl3FN3O4S/c1-14(2)11-28-23(32)15(3)29(12-16-5-7-17(27)8-6-16)22(31)13-30(35(4,33)34)21-10-19(25)18(24)9-20(21)26/h5-10,14-15H,11-13H2,1-4H3,(H,28,32)/t15-/m0/s1. The van der Waals surface area contributed by atoms with Gasteiger partial charge in [-0.2, -0.15) is 0 Å². The summed E-state index contributed by atoms with van der Waals surface area (Å²) in [4.78, 5) is 27.5. The second-order valence-electron chi connectivity index (χ2n) is 8.45. The first-order chi connectivity index (χ1) is 16.2. The van der Waals surface area contributed by atoms with Crippen LogP contribution in [0.2, 0.25) is 15.1 Å². The van der Waals surface area contributed by atoms with E-state index in [9.17, 15) is 22.4 Å². The van der Waals surface area contributed by atoms with Crippen LogP contribution in [0.25, 0.3) is 0 Å². The quantitative estimate of drug-likeness (QED) is 0.421. The lowest BCUT2D eigenvalue weighted by Gasteiger charge is -2.32. The van der Waals surface area contributed by atoms with Crippen LogP contribution in [0.4, 0.5) is 10.1 Å². The molecule has 1 atom stereocenters. The fourth-order valence-corrected chi connectivity index (χ4v) is 4.67. The molecule has 2 amide bonds. The Morgan fingerprint density at radius 1 is 1.00 bits per heavy atom. The molecule has 0 aliphatic rings. The van der Waals surface area contributed by atoms with Gasteiger partial charge in [-0.05, 0) is 42.7 Å². The molecule has 0 aliphatic carbocycles. The van der Waals surface area contributed by atoms with Gasteiger partial charge in [0.05, 0.1) is 27.0 Å². The van der Waals surface area contributed by atoms with E-state index in [1.807, 2.05) is 13.8 Å². The summed E-state index contributed by atoms with van der Waals surface area (Å²) in [6, 6.07) is 7.03. The van der Waals surface area contributed by atoms with Gasteiger partial charge in [-0.1, -0.05) is 60.8 Å². The highest BCUT2D eigenvalue weighted by Crippen LogP contribution is 2.35. The molecule has 0 radical (unpaired) electrons. The molecular formula is C23H27Cl3FN3O4S. The second-order valence-corrected chi connectivity index (χ2v) is 11.6. The molecule has 1 N–H and O–H groups in total. The van der Waals surface area contributed by atoms with E-state index in [1.54, 1.807) is 0 Å². The summed E-state index contributed by atoms with van der Waals surface area (Å²) < 4.78 is 39.4. The lowest BCUT2D eigenvalue weighted by molar-refractivity contribution is -0.139. The molecule has 12 heteroatoms. The molecular weight excluding hydrogens is 540 g/mol. The number of benzene rings is 2. The van der Waals surface area contributed by atoms with Crippen molar-refractivity contribution >= 4 is 62.3 Å². The van der Waals surface area contributed by atoms with E-state index in [1.165, 1.54) is 48.2 Å². The van der Waals surface area contributed by atoms with Gasteiger partial charge in [0.1, 0.15) is 18.4 Å². The van der Waals surface area contributed by atoms with Crippen LogP contribution in [-0.2, 0) is 26.2 Å². The molecule has 7 nitrogen and oxygen atoms in total. The number of nitrogens with one attached hydrogen (secondary N) is 1. The highest BCUT2D eigenvalue weighted by molar-refractivity contribution is 7.92. The number of hydrogen-bond acceptors (Lipinski definition) is 4. The molecule has 0 unspecified atom stereocenters. The maximum atomic E-state index is 13.5. The molecule has 0 aromatic heterocycles. The van der Waals surface area contributed by atoms with Crippen LogP contribution in [-0.4, -0.2) is 50.5 Å². The van der Waals surface area contributed by atoms with Crippen molar-refractivity contribution < 1.29 is 22.4 Å². The monoisotopic (exact) mass is 565 g/mol. The number of anilines is 1. The van der Waals surface area contributed by atoms with Crippen LogP contribution in [0.3, 0.4) is 0 Å². The molecule has 0 bridgehead atoms. The molecule has 0 heterocycles. The molecule has 2 aromatic carbocycles. The first-order valence-corrected chi connectivity index (χ1v) is 13.6. The Balaban J connectivity index is 2.43. The third kappa shape index (κ3) is 8.24. The van der Waals surface area contributed by atoms with Crippen molar-refractivity contribution in [3.05, 3.63) is 62.8 Å².